The van der Waals surface area contributed by atoms with Crippen LogP contribution in [0.5, 0.6) is 0 Å². The van der Waals surface area contributed by atoms with Crippen LogP contribution in [0.25, 0.3) is 0 Å². The van der Waals surface area contributed by atoms with Crippen molar-refractivity contribution < 1.29 is 19.1 Å². The minimum atomic E-state index is -0.463. The van der Waals surface area contributed by atoms with Crippen molar-refractivity contribution in [2.45, 2.75) is 6.42 Å². The molecule has 1 heterocycles. The molecule has 1 atom stereocenters. The fraction of sp³-hybridized carbons (Fsp3) is 0.200. The van der Waals surface area contributed by atoms with E-state index in [1.54, 1.807) is 29.2 Å². The maximum atomic E-state index is 12.3. The minimum absolute atomic E-state index is 0.0927. The highest BCUT2D eigenvalue weighted by Crippen LogP contribution is 2.26. The van der Waals surface area contributed by atoms with Crippen molar-refractivity contribution in [3.05, 3.63) is 64.1 Å². The number of nitrogens with one attached hydrogen (secondary N) is 1. The summed E-state index contributed by atoms with van der Waals surface area (Å²) < 4.78 is 5.56. The van der Waals surface area contributed by atoms with Crippen LogP contribution in [0.2, 0.25) is 0 Å². The molecule has 144 valence electrons. The summed E-state index contributed by atoms with van der Waals surface area (Å²) in [4.78, 5) is 37.6. The Balaban J connectivity index is 1.56. The zero-order chi connectivity index (χ0) is 20.1. The van der Waals surface area contributed by atoms with Gasteiger partial charge in [-0.05, 0) is 42.0 Å². The molecule has 2 aromatic rings. The SMILES string of the molecule is COC(=O)c1ccc(C=NNC(=O)C2CC(=O)N(c3ccc(Br)cc3)C2)cc1. The molecule has 0 bridgehead atoms. The van der Waals surface area contributed by atoms with Gasteiger partial charge in [0.1, 0.15) is 0 Å². The molecule has 0 saturated carbocycles. The Morgan fingerprint density at radius 2 is 1.86 bits per heavy atom. The Kier molecular flexibility index (Phi) is 6.20. The largest absolute Gasteiger partial charge is 0.465 e. The third-order valence-corrected chi connectivity index (χ3v) is 4.88. The summed E-state index contributed by atoms with van der Waals surface area (Å²) in [6.45, 7) is 0.315. The quantitative estimate of drug-likeness (QED) is 0.437. The van der Waals surface area contributed by atoms with Crippen LogP contribution in [0, 0.1) is 5.92 Å². The van der Waals surface area contributed by atoms with Gasteiger partial charge in [0.25, 0.3) is 0 Å². The van der Waals surface area contributed by atoms with E-state index in [9.17, 15) is 14.4 Å². The molecule has 7 nitrogen and oxygen atoms in total. The normalized spacial score (nSPS) is 16.4. The van der Waals surface area contributed by atoms with Crippen molar-refractivity contribution in [3.63, 3.8) is 0 Å². The highest BCUT2D eigenvalue weighted by atomic mass is 79.9. The summed E-state index contributed by atoms with van der Waals surface area (Å²) in [5, 5.41) is 3.94. The first-order valence-electron chi connectivity index (χ1n) is 8.55. The van der Waals surface area contributed by atoms with E-state index in [2.05, 4.69) is 31.2 Å². The van der Waals surface area contributed by atoms with Gasteiger partial charge < -0.3 is 9.64 Å². The second kappa shape index (κ2) is 8.79. The zero-order valence-electron chi connectivity index (χ0n) is 15.1. The van der Waals surface area contributed by atoms with Gasteiger partial charge in [0.15, 0.2) is 0 Å². The molecule has 2 amide bonds. The van der Waals surface area contributed by atoms with Crippen LogP contribution in [0.15, 0.2) is 58.1 Å². The van der Waals surface area contributed by atoms with Gasteiger partial charge in [-0.15, -0.1) is 0 Å². The van der Waals surface area contributed by atoms with E-state index in [0.717, 1.165) is 10.2 Å². The lowest BCUT2D eigenvalue weighted by Crippen LogP contribution is -2.30. The molecule has 28 heavy (non-hydrogen) atoms. The Hall–Kier alpha value is -3.00. The number of halogens is 1. The van der Waals surface area contributed by atoms with Crippen LogP contribution in [0.4, 0.5) is 5.69 Å². The Morgan fingerprint density at radius 1 is 1.18 bits per heavy atom. The lowest BCUT2D eigenvalue weighted by atomic mass is 10.1. The number of anilines is 1. The van der Waals surface area contributed by atoms with Gasteiger partial charge in [0.2, 0.25) is 11.8 Å². The Morgan fingerprint density at radius 3 is 2.50 bits per heavy atom. The topological polar surface area (TPSA) is 88.1 Å². The third-order valence-electron chi connectivity index (χ3n) is 4.35. The lowest BCUT2D eigenvalue weighted by Gasteiger charge is -2.16. The molecule has 1 saturated heterocycles. The zero-order valence-corrected chi connectivity index (χ0v) is 16.7. The first kappa shape index (κ1) is 19.8. The number of benzene rings is 2. The fourth-order valence-electron chi connectivity index (χ4n) is 2.84. The number of esters is 1. The molecule has 0 spiro atoms. The minimum Gasteiger partial charge on any atom is -0.465 e. The molecule has 0 radical (unpaired) electrons. The molecule has 0 aromatic heterocycles. The van der Waals surface area contributed by atoms with Crippen molar-refractivity contribution in [2.75, 3.05) is 18.6 Å². The number of rotatable bonds is 5. The van der Waals surface area contributed by atoms with Gasteiger partial charge in [-0.3, -0.25) is 9.59 Å². The van der Waals surface area contributed by atoms with Crippen molar-refractivity contribution in [3.8, 4) is 0 Å². The average Bonchev–Trinajstić information content (AvgIpc) is 3.10. The van der Waals surface area contributed by atoms with E-state index in [-0.39, 0.29) is 18.2 Å². The molecule has 1 aliphatic heterocycles. The van der Waals surface area contributed by atoms with E-state index < -0.39 is 11.9 Å². The maximum absolute atomic E-state index is 12.3. The molecule has 8 heteroatoms. The monoisotopic (exact) mass is 443 g/mol. The molecule has 1 unspecified atom stereocenters. The highest BCUT2D eigenvalue weighted by Gasteiger charge is 2.35. The van der Waals surface area contributed by atoms with Crippen LogP contribution in [0.3, 0.4) is 0 Å². The van der Waals surface area contributed by atoms with Gasteiger partial charge >= 0.3 is 5.97 Å². The number of hydrazone groups is 1. The van der Waals surface area contributed by atoms with Gasteiger partial charge in [-0.2, -0.15) is 5.10 Å². The second-order valence-electron chi connectivity index (χ2n) is 6.23. The number of nitrogens with zero attached hydrogens (tertiary/aromatic N) is 2. The summed E-state index contributed by atoms with van der Waals surface area (Å²) in [5.74, 6) is -1.28. The van der Waals surface area contributed by atoms with Gasteiger partial charge in [0.05, 0.1) is 24.8 Å². The molecule has 2 aromatic carbocycles. The lowest BCUT2D eigenvalue weighted by molar-refractivity contribution is -0.126. The summed E-state index contributed by atoms with van der Waals surface area (Å²) in [6, 6.07) is 14.0. The predicted molar refractivity (Wildman–Crippen MR) is 108 cm³/mol. The van der Waals surface area contributed by atoms with Gasteiger partial charge in [0, 0.05) is 23.1 Å². The number of hydrogen-bond acceptors (Lipinski definition) is 5. The van der Waals surface area contributed by atoms with Gasteiger partial charge in [-0.25, -0.2) is 10.2 Å². The van der Waals surface area contributed by atoms with Crippen LogP contribution < -0.4 is 10.3 Å². The number of hydrogen-bond donors (Lipinski definition) is 1. The van der Waals surface area contributed by atoms with Crippen LogP contribution in [-0.4, -0.2) is 37.7 Å². The summed E-state index contributed by atoms with van der Waals surface area (Å²) >= 11 is 3.36. The fourth-order valence-corrected chi connectivity index (χ4v) is 3.10. The second-order valence-corrected chi connectivity index (χ2v) is 7.15. The van der Waals surface area contributed by atoms with E-state index in [1.807, 2.05) is 24.3 Å². The summed E-state index contributed by atoms with van der Waals surface area (Å²) in [6.07, 6.45) is 1.62. The van der Waals surface area contributed by atoms with E-state index in [1.165, 1.54) is 13.3 Å². The first-order valence-corrected chi connectivity index (χ1v) is 9.34. The van der Waals surface area contributed by atoms with Crippen molar-refractivity contribution in [1.29, 1.82) is 0 Å². The third kappa shape index (κ3) is 4.64. The maximum Gasteiger partial charge on any atom is 0.337 e. The predicted octanol–water partition coefficient (Wildman–Crippen LogP) is 2.74. The smallest absolute Gasteiger partial charge is 0.337 e. The standard InChI is InChI=1S/C20H18BrN3O4/c1-28-20(27)14-4-2-13(3-5-14)11-22-23-19(26)15-10-18(25)24(12-15)17-8-6-16(21)7-9-17/h2-9,11,15H,10,12H2,1H3,(H,23,26). The molecule has 1 fully saturated rings. The van der Waals surface area contributed by atoms with Gasteiger partial charge in [-0.1, -0.05) is 28.1 Å². The van der Waals surface area contributed by atoms with Crippen LogP contribution in [-0.2, 0) is 14.3 Å². The number of ether oxygens (including phenoxy) is 1. The summed E-state index contributed by atoms with van der Waals surface area (Å²) in [7, 11) is 1.32. The van der Waals surface area contributed by atoms with Crippen molar-refractivity contribution in [1.82, 2.24) is 5.43 Å². The highest BCUT2D eigenvalue weighted by molar-refractivity contribution is 9.10. The number of carbonyl (C=O) groups excluding carboxylic acids is 3. The average molecular weight is 444 g/mol. The van der Waals surface area contributed by atoms with Crippen LogP contribution in [0.1, 0.15) is 22.3 Å². The summed E-state index contributed by atoms with van der Waals surface area (Å²) in [5.41, 5.74) is 4.38. The van der Waals surface area contributed by atoms with Crippen molar-refractivity contribution >= 4 is 45.6 Å². The number of methoxy groups -OCH3 is 1. The molecule has 1 aliphatic rings. The Bertz CT molecular complexity index is 910. The molecule has 1 N–H and O–H groups in total. The molecule has 0 aliphatic carbocycles. The number of amides is 2. The molecular weight excluding hydrogens is 426 g/mol. The molecule has 3 rings (SSSR count). The van der Waals surface area contributed by atoms with E-state index in [4.69, 9.17) is 0 Å². The van der Waals surface area contributed by atoms with E-state index in [0.29, 0.717) is 17.7 Å². The Labute approximate surface area is 170 Å². The molecular formula is C20H18BrN3O4. The van der Waals surface area contributed by atoms with Crippen LogP contribution >= 0.6 is 15.9 Å². The number of carbonyl (C=O) groups is 3. The van der Waals surface area contributed by atoms with E-state index >= 15 is 0 Å². The first-order chi connectivity index (χ1) is 13.5. The van der Waals surface area contributed by atoms with Crippen molar-refractivity contribution in [2.24, 2.45) is 11.0 Å².